The molecule has 0 saturated carbocycles. The van der Waals surface area contributed by atoms with E-state index in [1.54, 1.807) is 24.3 Å². The Morgan fingerprint density at radius 1 is 1.17 bits per heavy atom. The van der Waals surface area contributed by atoms with Gasteiger partial charge in [0.2, 0.25) is 10.0 Å². The minimum Gasteiger partial charge on any atom is -0.208 e. The molecule has 0 aliphatic rings. The molecule has 0 spiro atoms. The molecule has 0 aromatic heterocycles. The maximum absolute atomic E-state index is 12.0. The molecule has 0 saturated heterocycles. The second kappa shape index (κ2) is 6.90. The van der Waals surface area contributed by atoms with Crippen molar-refractivity contribution in [3.8, 4) is 0 Å². The van der Waals surface area contributed by atoms with Crippen molar-refractivity contribution in [3.05, 3.63) is 30.3 Å². The van der Waals surface area contributed by atoms with Gasteiger partial charge in [-0.3, -0.25) is 0 Å². The zero-order valence-corrected chi connectivity index (χ0v) is 12.1. The summed E-state index contributed by atoms with van der Waals surface area (Å²) in [5.41, 5.74) is 0. The summed E-state index contributed by atoms with van der Waals surface area (Å²) in [6.45, 7) is 6.26. The molecule has 0 aliphatic heterocycles. The van der Waals surface area contributed by atoms with Crippen LogP contribution in [0.1, 0.15) is 40.0 Å². The molecule has 0 amide bonds. The van der Waals surface area contributed by atoms with E-state index in [9.17, 15) is 8.42 Å². The smallest absolute Gasteiger partial charge is 0.208 e. The number of hydrogen-bond donors (Lipinski definition) is 1. The van der Waals surface area contributed by atoms with Crippen molar-refractivity contribution in [2.75, 3.05) is 0 Å². The van der Waals surface area contributed by atoms with Gasteiger partial charge in [-0.25, -0.2) is 13.1 Å². The normalized spacial score (nSPS) is 13.8. The van der Waals surface area contributed by atoms with Gasteiger partial charge in [0.1, 0.15) is 0 Å². The molecule has 0 aliphatic carbocycles. The van der Waals surface area contributed by atoms with Gasteiger partial charge in [-0.2, -0.15) is 0 Å². The van der Waals surface area contributed by atoms with Crippen molar-refractivity contribution in [1.82, 2.24) is 4.72 Å². The fourth-order valence-electron chi connectivity index (χ4n) is 1.77. The number of sulfonamides is 1. The first-order chi connectivity index (χ1) is 8.42. The van der Waals surface area contributed by atoms with Crippen LogP contribution in [0.3, 0.4) is 0 Å². The summed E-state index contributed by atoms with van der Waals surface area (Å²) in [5.74, 6) is 0.665. The van der Waals surface area contributed by atoms with Crippen LogP contribution in [0.25, 0.3) is 0 Å². The first-order valence-corrected chi connectivity index (χ1v) is 7.88. The quantitative estimate of drug-likeness (QED) is 0.826. The largest absolute Gasteiger partial charge is 0.240 e. The lowest BCUT2D eigenvalue weighted by Gasteiger charge is -2.14. The number of nitrogens with one attached hydrogen (secondary N) is 1. The zero-order valence-electron chi connectivity index (χ0n) is 11.3. The lowest BCUT2D eigenvalue weighted by atomic mass is 10.0. The van der Waals surface area contributed by atoms with E-state index in [-0.39, 0.29) is 6.04 Å². The third kappa shape index (κ3) is 5.19. The molecule has 0 fully saturated rings. The van der Waals surface area contributed by atoms with E-state index in [4.69, 9.17) is 0 Å². The molecule has 1 aromatic carbocycles. The topological polar surface area (TPSA) is 46.2 Å². The summed E-state index contributed by atoms with van der Waals surface area (Å²) in [6, 6.07) is 9.12. The molecule has 0 bridgehead atoms. The highest BCUT2D eigenvalue weighted by atomic mass is 32.2. The van der Waals surface area contributed by atoms with Gasteiger partial charge in [0.25, 0.3) is 0 Å². The average Bonchev–Trinajstić information content (AvgIpc) is 2.29. The van der Waals surface area contributed by atoms with Crippen molar-refractivity contribution in [2.45, 2.75) is 51.0 Å². The lowest BCUT2D eigenvalue weighted by Crippen LogP contribution is -2.32. The predicted molar refractivity (Wildman–Crippen MR) is 73.8 cm³/mol. The van der Waals surface area contributed by atoms with E-state index in [2.05, 4.69) is 24.6 Å². The Kier molecular flexibility index (Phi) is 5.82. The van der Waals surface area contributed by atoms with Crippen LogP contribution in [-0.2, 0) is 10.0 Å². The zero-order chi connectivity index (χ0) is 13.6. The van der Waals surface area contributed by atoms with Gasteiger partial charge in [0.05, 0.1) is 4.90 Å². The Hall–Kier alpha value is -0.870. The van der Waals surface area contributed by atoms with Crippen LogP contribution in [0.15, 0.2) is 29.2 Å². The second-order valence-corrected chi connectivity index (χ2v) is 6.80. The molecule has 1 atom stereocenters. The number of hydrogen-bond acceptors (Lipinski definition) is 2. The van der Waals surface area contributed by atoms with Crippen molar-refractivity contribution in [1.29, 1.82) is 0 Å². The van der Waals surface area contributed by atoms with Gasteiger partial charge >= 0.3 is 0 Å². The molecule has 18 heavy (non-hydrogen) atoms. The SMILES string of the molecule is CC(C)CCCC(C)NS(=O)(=O)c1cc[c]cc1. The molecule has 1 radical (unpaired) electrons. The summed E-state index contributed by atoms with van der Waals surface area (Å²) in [5, 5.41) is 0. The van der Waals surface area contributed by atoms with Gasteiger partial charge in [-0.1, -0.05) is 38.8 Å². The van der Waals surface area contributed by atoms with Crippen LogP contribution in [0.5, 0.6) is 0 Å². The van der Waals surface area contributed by atoms with Gasteiger partial charge in [0.15, 0.2) is 0 Å². The van der Waals surface area contributed by atoms with Crippen LogP contribution in [0.2, 0.25) is 0 Å². The minimum atomic E-state index is -3.38. The van der Waals surface area contributed by atoms with Crippen LogP contribution in [0.4, 0.5) is 0 Å². The van der Waals surface area contributed by atoms with E-state index < -0.39 is 10.0 Å². The van der Waals surface area contributed by atoms with E-state index in [0.29, 0.717) is 10.8 Å². The molecule has 3 nitrogen and oxygen atoms in total. The maximum Gasteiger partial charge on any atom is 0.240 e. The molecule has 101 valence electrons. The van der Waals surface area contributed by atoms with Crippen LogP contribution in [0, 0.1) is 12.0 Å². The fraction of sp³-hybridized carbons (Fsp3) is 0.571. The Bertz CT molecular complexity index is 440. The molecular formula is C14H22NO2S. The van der Waals surface area contributed by atoms with Crippen molar-refractivity contribution < 1.29 is 8.42 Å². The van der Waals surface area contributed by atoms with Gasteiger partial charge in [-0.15, -0.1) is 0 Å². The fourth-order valence-corrected chi connectivity index (χ4v) is 3.05. The van der Waals surface area contributed by atoms with Crippen LogP contribution < -0.4 is 4.72 Å². The third-order valence-corrected chi connectivity index (χ3v) is 4.38. The Balaban J connectivity index is 2.51. The summed E-state index contributed by atoms with van der Waals surface area (Å²) < 4.78 is 26.7. The summed E-state index contributed by atoms with van der Waals surface area (Å²) in [4.78, 5) is 0.303. The van der Waals surface area contributed by atoms with E-state index in [0.717, 1.165) is 19.3 Å². The Morgan fingerprint density at radius 3 is 2.33 bits per heavy atom. The van der Waals surface area contributed by atoms with Crippen molar-refractivity contribution in [2.24, 2.45) is 5.92 Å². The van der Waals surface area contributed by atoms with E-state index in [1.807, 2.05) is 6.92 Å². The summed E-state index contributed by atoms with van der Waals surface area (Å²) in [6.07, 6.45) is 3.05. The molecule has 1 unspecified atom stereocenters. The predicted octanol–water partition coefficient (Wildman–Crippen LogP) is 2.98. The van der Waals surface area contributed by atoms with Gasteiger partial charge in [0, 0.05) is 6.04 Å². The van der Waals surface area contributed by atoms with Crippen LogP contribution in [-0.4, -0.2) is 14.5 Å². The Labute approximate surface area is 111 Å². The van der Waals surface area contributed by atoms with Gasteiger partial charge in [-0.05, 0) is 37.5 Å². The molecule has 4 heteroatoms. The monoisotopic (exact) mass is 268 g/mol. The minimum absolute atomic E-state index is 0.0297. The Morgan fingerprint density at radius 2 is 1.78 bits per heavy atom. The average molecular weight is 268 g/mol. The number of benzene rings is 1. The lowest BCUT2D eigenvalue weighted by molar-refractivity contribution is 0.488. The first kappa shape index (κ1) is 15.2. The highest BCUT2D eigenvalue weighted by Gasteiger charge is 2.16. The molecule has 1 N–H and O–H groups in total. The summed E-state index contributed by atoms with van der Waals surface area (Å²) in [7, 11) is -3.38. The molecular weight excluding hydrogens is 246 g/mol. The summed E-state index contributed by atoms with van der Waals surface area (Å²) >= 11 is 0. The highest BCUT2D eigenvalue weighted by Crippen LogP contribution is 2.12. The third-order valence-electron chi connectivity index (χ3n) is 2.77. The standard InChI is InChI=1S/C14H22NO2S/c1-12(2)8-7-9-13(3)15-18(16,17)14-10-5-4-6-11-14/h5-6,10-13,15H,7-9H2,1-3H3. The van der Waals surface area contributed by atoms with E-state index in [1.165, 1.54) is 0 Å². The first-order valence-electron chi connectivity index (χ1n) is 6.40. The van der Waals surface area contributed by atoms with Crippen molar-refractivity contribution in [3.63, 3.8) is 0 Å². The molecule has 0 heterocycles. The molecule has 1 rings (SSSR count). The van der Waals surface area contributed by atoms with Gasteiger partial charge < -0.3 is 0 Å². The van der Waals surface area contributed by atoms with E-state index >= 15 is 0 Å². The van der Waals surface area contributed by atoms with Crippen molar-refractivity contribution >= 4 is 10.0 Å². The number of rotatable bonds is 7. The highest BCUT2D eigenvalue weighted by molar-refractivity contribution is 7.89. The maximum atomic E-state index is 12.0. The molecule has 1 aromatic rings. The van der Waals surface area contributed by atoms with Crippen LogP contribution >= 0.6 is 0 Å². The second-order valence-electron chi connectivity index (χ2n) is 5.08.